The van der Waals surface area contributed by atoms with Gasteiger partial charge in [-0.25, -0.2) is 9.97 Å². The van der Waals surface area contributed by atoms with Crippen LogP contribution in [0.2, 0.25) is 0 Å². The molecule has 0 atom stereocenters. The molecule has 0 bridgehead atoms. The lowest BCUT2D eigenvalue weighted by Gasteiger charge is -2.21. The number of hydrogen-bond acceptors (Lipinski definition) is 5. The minimum atomic E-state index is 0.553. The van der Waals surface area contributed by atoms with Gasteiger partial charge in [0.05, 0.1) is 12.2 Å². The Morgan fingerprint density at radius 2 is 2.11 bits per heavy atom. The first-order valence-corrected chi connectivity index (χ1v) is 6.44. The maximum Gasteiger partial charge on any atom is 0.221 e. The number of rotatable bonds is 7. The standard InChI is InChI=1S/C13H24N4O/c1-6-18-13-11(4)12(15-9-16-13)14-7-8-17(5)10(2)3/h9-10H,6-8H2,1-5H3,(H,14,15,16). The number of ether oxygens (including phenoxy) is 1. The average Bonchev–Trinajstić information content (AvgIpc) is 2.33. The van der Waals surface area contributed by atoms with Gasteiger partial charge in [0.2, 0.25) is 5.88 Å². The molecule has 0 aliphatic carbocycles. The topological polar surface area (TPSA) is 50.3 Å². The summed E-state index contributed by atoms with van der Waals surface area (Å²) < 4.78 is 5.44. The highest BCUT2D eigenvalue weighted by molar-refractivity contribution is 5.47. The Labute approximate surface area is 110 Å². The molecule has 0 fully saturated rings. The first kappa shape index (κ1) is 14.7. The molecule has 1 aromatic heterocycles. The van der Waals surface area contributed by atoms with Crippen molar-refractivity contribution in [3.05, 3.63) is 11.9 Å². The zero-order valence-corrected chi connectivity index (χ0v) is 12.0. The molecule has 102 valence electrons. The van der Waals surface area contributed by atoms with Crippen molar-refractivity contribution in [1.82, 2.24) is 14.9 Å². The third kappa shape index (κ3) is 4.14. The Hall–Kier alpha value is -1.36. The number of nitrogens with zero attached hydrogens (tertiary/aromatic N) is 3. The van der Waals surface area contributed by atoms with E-state index in [1.165, 1.54) is 6.33 Å². The van der Waals surface area contributed by atoms with Gasteiger partial charge in [-0.15, -0.1) is 0 Å². The van der Waals surface area contributed by atoms with Crippen LogP contribution in [0.3, 0.4) is 0 Å². The fourth-order valence-corrected chi connectivity index (χ4v) is 1.50. The Morgan fingerprint density at radius 3 is 2.72 bits per heavy atom. The van der Waals surface area contributed by atoms with Crippen LogP contribution in [-0.4, -0.2) is 47.7 Å². The van der Waals surface area contributed by atoms with Crippen molar-refractivity contribution < 1.29 is 4.74 Å². The lowest BCUT2D eigenvalue weighted by Crippen LogP contribution is -2.31. The zero-order chi connectivity index (χ0) is 13.5. The lowest BCUT2D eigenvalue weighted by atomic mass is 10.3. The van der Waals surface area contributed by atoms with Crippen LogP contribution in [0.15, 0.2) is 6.33 Å². The molecule has 18 heavy (non-hydrogen) atoms. The van der Waals surface area contributed by atoms with E-state index in [0.717, 1.165) is 24.5 Å². The Morgan fingerprint density at radius 1 is 1.39 bits per heavy atom. The van der Waals surface area contributed by atoms with E-state index in [2.05, 4.69) is 41.1 Å². The van der Waals surface area contributed by atoms with Crippen molar-refractivity contribution in [2.45, 2.75) is 33.7 Å². The minimum Gasteiger partial charge on any atom is -0.478 e. The van der Waals surface area contributed by atoms with Gasteiger partial charge in [0.15, 0.2) is 0 Å². The molecule has 1 aromatic rings. The first-order chi connectivity index (χ1) is 8.56. The summed E-state index contributed by atoms with van der Waals surface area (Å²) in [5.74, 6) is 1.51. The smallest absolute Gasteiger partial charge is 0.221 e. The Bertz CT molecular complexity index is 368. The number of likely N-dealkylation sites (N-methyl/N-ethyl adjacent to an activating group) is 1. The van der Waals surface area contributed by atoms with Crippen LogP contribution in [-0.2, 0) is 0 Å². The second kappa shape index (κ2) is 7.16. The van der Waals surface area contributed by atoms with Crippen LogP contribution >= 0.6 is 0 Å². The third-order valence-electron chi connectivity index (χ3n) is 2.96. The summed E-state index contributed by atoms with van der Waals surface area (Å²) in [5, 5.41) is 3.32. The summed E-state index contributed by atoms with van der Waals surface area (Å²) in [6.45, 7) is 10.7. The summed E-state index contributed by atoms with van der Waals surface area (Å²) in [5.41, 5.74) is 0.964. The highest BCUT2D eigenvalue weighted by atomic mass is 16.5. The summed E-state index contributed by atoms with van der Waals surface area (Å²) in [6, 6.07) is 0.553. The van der Waals surface area contributed by atoms with Crippen molar-refractivity contribution in [2.24, 2.45) is 0 Å². The van der Waals surface area contributed by atoms with E-state index in [9.17, 15) is 0 Å². The number of hydrogen-bond donors (Lipinski definition) is 1. The fraction of sp³-hybridized carbons (Fsp3) is 0.692. The average molecular weight is 252 g/mol. The highest BCUT2D eigenvalue weighted by Crippen LogP contribution is 2.19. The molecular formula is C13H24N4O. The monoisotopic (exact) mass is 252 g/mol. The van der Waals surface area contributed by atoms with Crippen molar-refractivity contribution in [3.8, 4) is 5.88 Å². The largest absolute Gasteiger partial charge is 0.478 e. The molecule has 0 saturated heterocycles. The maximum atomic E-state index is 5.44. The van der Waals surface area contributed by atoms with E-state index in [0.29, 0.717) is 18.5 Å². The third-order valence-corrected chi connectivity index (χ3v) is 2.96. The van der Waals surface area contributed by atoms with Crippen LogP contribution in [0.1, 0.15) is 26.3 Å². The molecular weight excluding hydrogens is 228 g/mol. The van der Waals surface area contributed by atoms with Gasteiger partial charge in [0, 0.05) is 19.1 Å². The van der Waals surface area contributed by atoms with Crippen LogP contribution in [0.4, 0.5) is 5.82 Å². The van der Waals surface area contributed by atoms with Gasteiger partial charge in [-0.05, 0) is 34.7 Å². The van der Waals surface area contributed by atoms with Gasteiger partial charge in [-0.3, -0.25) is 0 Å². The summed E-state index contributed by atoms with van der Waals surface area (Å²) in [6.07, 6.45) is 1.53. The van der Waals surface area contributed by atoms with Crippen LogP contribution in [0, 0.1) is 6.92 Å². The fourth-order valence-electron chi connectivity index (χ4n) is 1.50. The number of aromatic nitrogens is 2. The molecule has 1 heterocycles. The van der Waals surface area contributed by atoms with E-state index in [-0.39, 0.29) is 0 Å². The summed E-state index contributed by atoms with van der Waals surface area (Å²) >= 11 is 0. The van der Waals surface area contributed by atoms with Gasteiger partial charge in [-0.2, -0.15) is 0 Å². The second-order valence-electron chi connectivity index (χ2n) is 4.59. The molecule has 0 amide bonds. The molecule has 0 aliphatic rings. The van der Waals surface area contributed by atoms with Crippen LogP contribution in [0.5, 0.6) is 5.88 Å². The van der Waals surface area contributed by atoms with E-state index >= 15 is 0 Å². The molecule has 1 rings (SSSR count). The molecule has 0 aliphatic heterocycles. The zero-order valence-electron chi connectivity index (χ0n) is 12.0. The molecule has 0 radical (unpaired) electrons. The SMILES string of the molecule is CCOc1ncnc(NCCN(C)C(C)C)c1C. The van der Waals surface area contributed by atoms with Crippen molar-refractivity contribution in [3.63, 3.8) is 0 Å². The first-order valence-electron chi connectivity index (χ1n) is 6.44. The Kier molecular flexibility index (Phi) is 5.85. The molecule has 0 saturated carbocycles. The predicted molar refractivity (Wildman–Crippen MR) is 74.2 cm³/mol. The van der Waals surface area contributed by atoms with Gasteiger partial charge in [-0.1, -0.05) is 0 Å². The van der Waals surface area contributed by atoms with E-state index in [1.54, 1.807) is 0 Å². The molecule has 1 N–H and O–H groups in total. The normalized spacial score (nSPS) is 11.1. The van der Waals surface area contributed by atoms with E-state index in [1.807, 2.05) is 13.8 Å². The van der Waals surface area contributed by atoms with Gasteiger partial charge >= 0.3 is 0 Å². The van der Waals surface area contributed by atoms with Gasteiger partial charge in [0.1, 0.15) is 12.1 Å². The predicted octanol–water partition coefficient (Wildman–Crippen LogP) is 1.94. The van der Waals surface area contributed by atoms with Crippen LogP contribution < -0.4 is 10.1 Å². The minimum absolute atomic E-state index is 0.553. The quantitative estimate of drug-likeness (QED) is 0.803. The van der Waals surface area contributed by atoms with Crippen molar-refractivity contribution >= 4 is 5.82 Å². The summed E-state index contributed by atoms with van der Waals surface area (Å²) in [4.78, 5) is 10.6. The maximum absolute atomic E-state index is 5.44. The molecule has 0 spiro atoms. The van der Waals surface area contributed by atoms with Crippen molar-refractivity contribution in [2.75, 3.05) is 32.1 Å². The lowest BCUT2D eigenvalue weighted by molar-refractivity contribution is 0.284. The number of anilines is 1. The molecule has 0 aromatic carbocycles. The molecule has 5 nitrogen and oxygen atoms in total. The van der Waals surface area contributed by atoms with E-state index in [4.69, 9.17) is 4.74 Å². The second-order valence-corrected chi connectivity index (χ2v) is 4.59. The molecule has 5 heteroatoms. The van der Waals surface area contributed by atoms with Crippen LogP contribution in [0.25, 0.3) is 0 Å². The summed E-state index contributed by atoms with van der Waals surface area (Å²) in [7, 11) is 2.12. The van der Waals surface area contributed by atoms with Crippen molar-refractivity contribution in [1.29, 1.82) is 0 Å². The van der Waals surface area contributed by atoms with Gasteiger partial charge in [0.25, 0.3) is 0 Å². The highest BCUT2D eigenvalue weighted by Gasteiger charge is 2.08. The van der Waals surface area contributed by atoms with E-state index < -0.39 is 0 Å². The number of nitrogens with one attached hydrogen (secondary N) is 1. The van der Waals surface area contributed by atoms with Gasteiger partial charge < -0.3 is 15.0 Å². The Balaban J connectivity index is 2.54. The molecule has 0 unspecified atom stereocenters.